The zero-order valence-electron chi connectivity index (χ0n) is 9.16. The van der Waals surface area contributed by atoms with Gasteiger partial charge in [-0.3, -0.25) is 10.1 Å². The minimum atomic E-state index is -0.374. The maximum absolute atomic E-state index is 10.7. The highest BCUT2D eigenvalue weighted by molar-refractivity contribution is 7.96. The summed E-state index contributed by atoms with van der Waals surface area (Å²) >= 11 is 1.57. The molecule has 1 aliphatic heterocycles. The molecule has 1 aromatic carbocycles. The van der Waals surface area contributed by atoms with E-state index < -0.39 is 0 Å². The highest BCUT2D eigenvalue weighted by Gasteiger charge is 2.20. The van der Waals surface area contributed by atoms with E-state index in [9.17, 15) is 10.1 Å². The molecule has 7 heteroatoms. The van der Waals surface area contributed by atoms with Crippen molar-refractivity contribution in [1.82, 2.24) is 13.9 Å². The fourth-order valence-corrected chi connectivity index (χ4v) is 2.79. The van der Waals surface area contributed by atoms with E-state index in [2.05, 4.69) is 9.29 Å². The molecular formula is C10H10N4O2S. The van der Waals surface area contributed by atoms with Crippen LogP contribution < -0.4 is 0 Å². The lowest BCUT2D eigenvalue weighted by Gasteiger charge is -2.22. The van der Waals surface area contributed by atoms with E-state index in [0.29, 0.717) is 0 Å². The fraction of sp³-hybridized carbons (Fsp3) is 0.300. The van der Waals surface area contributed by atoms with Crippen LogP contribution in [-0.4, -0.2) is 32.4 Å². The maximum Gasteiger partial charge on any atom is 0.271 e. The number of hydrogen-bond donors (Lipinski definition) is 0. The number of non-ortho nitro benzene ring substituents is 1. The van der Waals surface area contributed by atoms with Crippen LogP contribution in [0.2, 0.25) is 0 Å². The summed E-state index contributed by atoms with van der Waals surface area (Å²) < 4.78 is 4.14. The van der Waals surface area contributed by atoms with Crippen molar-refractivity contribution >= 4 is 28.7 Å². The normalized spacial score (nSPS) is 16.1. The molecule has 2 aromatic rings. The molecule has 0 radical (unpaired) electrons. The topological polar surface area (TPSA) is 64.2 Å². The van der Waals surface area contributed by atoms with Gasteiger partial charge in [0.25, 0.3) is 5.69 Å². The minimum absolute atomic E-state index is 0.115. The Morgan fingerprint density at radius 1 is 1.47 bits per heavy atom. The van der Waals surface area contributed by atoms with Crippen molar-refractivity contribution in [3.05, 3.63) is 28.3 Å². The second-order valence-corrected chi connectivity index (χ2v) is 5.09. The van der Waals surface area contributed by atoms with E-state index in [4.69, 9.17) is 0 Å². The summed E-state index contributed by atoms with van der Waals surface area (Å²) in [5, 5.41) is 11.6. The van der Waals surface area contributed by atoms with E-state index >= 15 is 0 Å². The molecule has 0 spiro atoms. The molecule has 3 rings (SSSR count). The monoisotopic (exact) mass is 250 g/mol. The molecule has 2 heterocycles. The predicted octanol–water partition coefficient (Wildman–Crippen LogP) is 1.90. The van der Waals surface area contributed by atoms with Crippen LogP contribution in [-0.2, 0) is 6.54 Å². The summed E-state index contributed by atoms with van der Waals surface area (Å²) in [6.07, 6.45) is 0. The Labute approximate surface area is 102 Å². The second-order valence-electron chi connectivity index (χ2n) is 3.92. The molecule has 0 saturated heterocycles. The Balaban J connectivity index is 2.19. The molecule has 17 heavy (non-hydrogen) atoms. The molecule has 88 valence electrons. The van der Waals surface area contributed by atoms with E-state index in [1.54, 1.807) is 24.1 Å². The molecule has 0 amide bonds. The van der Waals surface area contributed by atoms with Gasteiger partial charge in [-0.2, -0.15) is 0 Å². The number of rotatable bonds is 1. The van der Waals surface area contributed by atoms with Crippen LogP contribution in [0.3, 0.4) is 0 Å². The number of aromatic nitrogens is 2. The van der Waals surface area contributed by atoms with E-state index in [1.165, 1.54) is 6.07 Å². The van der Waals surface area contributed by atoms with Crippen LogP contribution in [0.1, 0.15) is 0 Å². The van der Waals surface area contributed by atoms with Gasteiger partial charge in [0.1, 0.15) is 0 Å². The van der Waals surface area contributed by atoms with Crippen molar-refractivity contribution in [3.63, 3.8) is 0 Å². The Kier molecular flexibility index (Phi) is 2.30. The summed E-state index contributed by atoms with van der Waals surface area (Å²) in [5.41, 5.74) is 1.77. The van der Waals surface area contributed by atoms with Crippen molar-refractivity contribution in [3.8, 4) is 0 Å². The van der Waals surface area contributed by atoms with E-state index in [-0.39, 0.29) is 10.6 Å². The standard InChI is InChI=1S/C10H10N4O2S/c1-12-4-5-13-9-6-7(14(15)16)2-3-8(9)11-10(13)17-12/h2-3,6H,4-5H2,1H3. The average Bonchev–Trinajstić information content (AvgIpc) is 2.64. The molecule has 0 saturated carbocycles. The van der Waals surface area contributed by atoms with Crippen molar-refractivity contribution in [2.75, 3.05) is 13.6 Å². The number of hydrogen-bond acceptors (Lipinski definition) is 5. The molecule has 0 aliphatic carbocycles. The maximum atomic E-state index is 10.7. The Hall–Kier alpha value is -1.60. The summed E-state index contributed by atoms with van der Waals surface area (Å²) in [6.45, 7) is 1.72. The zero-order valence-corrected chi connectivity index (χ0v) is 9.98. The van der Waals surface area contributed by atoms with Gasteiger partial charge in [0.2, 0.25) is 0 Å². The number of imidazole rings is 1. The summed E-state index contributed by atoms with van der Waals surface area (Å²) in [5.74, 6) is 0. The Morgan fingerprint density at radius 2 is 2.29 bits per heavy atom. The number of likely N-dealkylation sites (N-methyl/N-ethyl adjacent to an activating group) is 1. The fourth-order valence-electron chi connectivity index (χ4n) is 1.91. The lowest BCUT2D eigenvalue weighted by Crippen LogP contribution is -2.22. The molecule has 0 bridgehead atoms. The second kappa shape index (κ2) is 3.71. The number of nitrogens with zero attached hydrogens (tertiary/aromatic N) is 4. The molecular weight excluding hydrogens is 240 g/mol. The van der Waals surface area contributed by atoms with Crippen LogP contribution in [0.15, 0.2) is 23.4 Å². The van der Waals surface area contributed by atoms with E-state index in [1.807, 2.05) is 11.6 Å². The van der Waals surface area contributed by atoms with Crippen LogP contribution in [0.25, 0.3) is 11.0 Å². The van der Waals surface area contributed by atoms with Crippen LogP contribution >= 0.6 is 11.9 Å². The Bertz CT molecular complexity index is 610. The van der Waals surface area contributed by atoms with Crippen molar-refractivity contribution < 1.29 is 4.92 Å². The lowest BCUT2D eigenvalue weighted by molar-refractivity contribution is -0.384. The van der Waals surface area contributed by atoms with Gasteiger partial charge in [0.15, 0.2) is 5.16 Å². The first kappa shape index (κ1) is 10.5. The van der Waals surface area contributed by atoms with Crippen LogP contribution in [0.5, 0.6) is 0 Å². The number of nitro groups is 1. The molecule has 0 N–H and O–H groups in total. The van der Waals surface area contributed by atoms with Gasteiger partial charge in [0.05, 0.1) is 16.0 Å². The molecule has 0 unspecified atom stereocenters. The third-order valence-corrected chi connectivity index (χ3v) is 3.75. The van der Waals surface area contributed by atoms with Crippen molar-refractivity contribution in [2.24, 2.45) is 0 Å². The van der Waals surface area contributed by atoms with Crippen LogP contribution in [0.4, 0.5) is 5.69 Å². The first-order valence-corrected chi connectivity index (χ1v) is 5.96. The molecule has 1 aromatic heterocycles. The quantitative estimate of drug-likeness (QED) is 0.439. The first-order valence-electron chi connectivity index (χ1n) is 5.19. The summed E-state index contributed by atoms with van der Waals surface area (Å²) in [6, 6.07) is 4.80. The molecule has 6 nitrogen and oxygen atoms in total. The smallest absolute Gasteiger partial charge is 0.271 e. The van der Waals surface area contributed by atoms with Crippen molar-refractivity contribution in [2.45, 2.75) is 11.7 Å². The predicted molar refractivity (Wildman–Crippen MR) is 64.9 cm³/mol. The van der Waals surface area contributed by atoms with Gasteiger partial charge in [-0.15, -0.1) is 0 Å². The zero-order chi connectivity index (χ0) is 12.0. The Morgan fingerprint density at radius 3 is 3.06 bits per heavy atom. The number of benzene rings is 1. The molecule has 1 aliphatic rings. The first-order chi connectivity index (χ1) is 8.15. The number of nitro benzene ring substituents is 1. The lowest BCUT2D eigenvalue weighted by atomic mass is 10.3. The molecule has 0 atom stereocenters. The van der Waals surface area contributed by atoms with Gasteiger partial charge >= 0.3 is 0 Å². The highest BCUT2D eigenvalue weighted by Crippen LogP contribution is 2.30. The average molecular weight is 250 g/mol. The summed E-state index contributed by atoms with van der Waals surface area (Å²) in [7, 11) is 2.01. The largest absolute Gasteiger partial charge is 0.316 e. The minimum Gasteiger partial charge on any atom is -0.316 e. The molecule has 0 fully saturated rings. The van der Waals surface area contributed by atoms with Gasteiger partial charge in [-0.05, 0) is 25.1 Å². The van der Waals surface area contributed by atoms with Gasteiger partial charge < -0.3 is 4.57 Å². The highest BCUT2D eigenvalue weighted by atomic mass is 32.2. The van der Waals surface area contributed by atoms with Gasteiger partial charge in [0, 0.05) is 25.2 Å². The SMILES string of the molecule is CN1CCn2c(nc3ccc([N+](=O)[O-])cc32)S1. The summed E-state index contributed by atoms with van der Waals surface area (Å²) in [4.78, 5) is 14.8. The number of fused-ring (bicyclic) bond motifs is 3. The van der Waals surface area contributed by atoms with Crippen LogP contribution in [0, 0.1) is 10.1 Å². The third-order valence-electron chi connectivity index (χ3n) is 2.78. The third kappa shape index (κ3) is 1.67. The van der Waals surface area contributed by atoms with Gasteiger partial charge in [-0.25, -0.2) is 9.29 Å². The van der Waals surface area contributed by atoms with E-state index in [0.717, 1.165) is 29.3 Å². The van der Waals surface area contributed by atoms with Crippen molar-refractivity contribution in [1.29, 1.82) is 0 Å². The van der Waals surface area contributed by atoms with Gasteiger partial charge in [-0.1, -0.05) is 0 Å².